The fourth-order valence-corrected chi connectivity index (χ4v) is 3.79. The van der Waals surface area contributed by atoms with E-state index in [0.29, 0.717) is 31.6 Å². The van der Waals surface area contributed by atoms with Crippen molar-refractivity contribution in [3.05, 3.63) is 71.3 Å². The van der Waals surface area contributed by atoms with Gasteiger partial charge in [-0.2, -0.15) is 0 Å². The maximum absolute atomic E-state index is 12.8. The number of piperidine rings is 1. The lowest BCUT2D eigenvalue weighted by atomic mass is 9.72. The second-order valence-corrected chi connectivity index (χ2v) is 6.95. The molecule has 6 heteroatoms. The molecule has 1 aliphatic heterocycles. The second-order valence-electron chi connectivity index (χ2n) is 6.95. The molecule has 0 spiro atoms. The van der Waals surface area contributed by atoms with Crippen molar-refractivity contribution in [2.45, 2.75) is 31.7 Å². The Morgan fingerprint density at radius 3 is 2.36 bits per heavy atom. The van der Waals surface area contributed by atoms with Crippen molar-refractivity contribution >= 4 is 24.3 Å². The highest BCUT2D eigenvalue weighted by Crippen LogP contribution is 2.37. The number of benzene rings is 2. The molecule has 2 aromatic rings. The van der Waals surface area contributed by atoms with Crippen molar-refractivity contribution in [1.82, 2.24) is 4.90 Å². The van der Waals surface area contributed by atoms with E-state index in [2.05, 4.69) is 4.90 Å². The Hall–Kier alpha value is -2.37. The summed E-state index contributed by atoms with van der Waals surface area (Å²) in [7, 11) is 0. The molecule has 0 unspecified atom stereocenters. The third-order valence-electron chi connectivity index (χ3n) is 5.28. The lowest BCUT2D eigenvalue weighted by molar-refractivity contribution is -0.152. The number of nitrogens with zero attached hydrogens (tertiary/aromatic N) is 1. The summed E-state index contributed by atoms with van der Waals surface area (Å²) in [5.41, 5.74) is 1.68. The van der Waals surface area contributed by atoms with Crippen LogP contribution >= 0.6 is 12.4 Å². The average Bonchev–Trinajstić information content (AvgIpc) is 2.70. The number of esters is 1. The standard InChI is InChI=1S/C22H25NO4.ClH/c1-2-27-21(26)22(19-9-4-3-5-10-19)11-13-23(14-12-22)16-17-7-6-8-18(15-17)20(24)25;/h3-10,15H,2,11-14,16H2,1H3,(H,24,25);1H. The van der Waals surface area contributed by atoms with E-state index >= 15 is 0 Å². The molecule has 0 aliphatic carbocycles. The van der Waals surface area contributed by atoms with Crippen molar-refractivity contribution in [3.63, 3.8) is 0 Å². The SMILES string of the molecule is CCOC(=O)C1(c2ccccc2)CCN(Cc2cccc(C(=O)O)c2)CC1.Cl. The van der Waals surface area contributed by atoms with Gasteiger partial charge in [-0.1, -0.05) is 42.5 Å². The van der Waals surface area contributed by atoms with Crippen LogP contribution in [0.2, 0.25) is 0 Å². The summed E-state index contributed by atoms with van der Waals surface area (Å²) in [5, 5.41) is 9.16. The predicted octanol–water partition coefficient (Wildman–Crippen LogP) is 3.90. The topological polar surface area (TPSA) is 66.8 Å². The Bertz CT molecular complexity index is 801. The van der Waals surface area contributed by atoms with Gasteiger partial charge in [0.1, 0.15) is 0 Å². The van der Waals surface area contributed by atoms with Crippen LogP contribution in [-0.2, 0) is 21.5 Å². The van der Waals surface area contributed by atoms with E-state index < -0.39 is 11.4 Å². The maximum Gasteiger partial charge on any atom is 0.335 e. The van der Waals surface area contributed by atoms with Gasteiger partial charge in [-0.05, 0) is 56.1 Å². The molecule has 0 atom stereocenters. The third kappa shape index (κ3) is 4.72. The Morgan fingerprint density at radius 1 is 1.07 bits per heavy atom. The van der Waals surface area contributed by atoms with Gasteiger partial charge >= 0.3 is 11.9 Å². The Balaban J connectivity index is 0.00000280. The number of carboxylic acid groups (broad SMARTS) is 1. The van der Waals surface area contributed by atoms with Gasteiger partial charge in [-0.15, -0.1) is 12.4 Å². The van der Waals surface area contributed by atoms with Crippen molar-refractivity contribution in [1.29, 1.82) is 0 Å². The van der Waals surface area contributed by atoms with Crippen LogP contribution in [0.25, 0.3) is 0 Å². The van der Waals surface area contributed by atoms with Gasteiger partial charge in [0, 0.05) is 6.54 Å². The first-order valence-corrected chi connectivity index (χ1v) is 9.32. The van der Waals surface area contributed by atoms with Gasteiger partial charge in [-0.3, -0.25) is 9.69 Å². The molecule has 3 rings (SSSR count). The number of carboxylic acids is 1. The summed E-state index contributed by atoms with van der Waals surface area (Å²) in [6, 6.07) is 16.9. The minimum Gasteiger partial charge on any atom is -0.478 e. The number of ether oxygens (including phenoxy) is 1. The van der Waals surface area contributed by atoms with E-state index in [-0.39, 0.29) is 18.4 Å². The van der Waals surface area contributed by atoms with E-state index in [1.54, 1.807) is 18.2 Å². The molecule has 0 bridgehead atoms. The van der Waals surface area contributed by atoms with E-state index in [9.17, 15) is 9.59 Å². The largest absolute Gasteiger partial charge is 0.478 e. The molecule has 1 heterocycles. The highest BCUT2D eigenvalue weighted by molar-refractivity contribution is 5.87. The molecule has 0 amide bonds. The molecule has 1 saturated heterocycles. The second kappa shape index (κ2) is 9.71. The van der Waals surface area contributed by atoms with Crippen LogP contribution in [0.15, 0.2) is 54.6 Å². The minimum atomic E-state index is -0.916. The predicted molar refractivity (Wildman–Crippen MR) is 110 cm³/mol. The molecule has 5 nitrogen and oxygen atoms in total. The summed E-state index contributed by atoms with van der Waals surface area (Å²) in [4.78, 5) is 26.2. The molecule has 0 radical (unpaired) electrons. The lowest BCUT2D eigenvalue weighted by Crippen LogP contribution is -2.47. The molecule has 0 aromatic heterocycles. The number of carbonyl (C=O) groups excluding carboxylic acids is 1. The van der Waals surface area contributed by atoms with Crippen LogP contribution in [0.5, 0.6) is 0 Å². The Labute approximate surface area is 171 Å². The zero-order valence-electron chi connectivity index (χ0n) is 16.0. The van der Waals surface area contributed by atoms with Crippen molar-refractivity contribution in [2.75, 3.05) is 19.7 Å². The first kappa shape index (κ1) is 21.9. The van der Waals surface area contributed by atoms with E-state index in [4.69, 9.17) is 9.84 Å². The average molecular weight is 404 g/mol. The summed E-state index contributed by atoms with van der Waals surface area (Å²) >= 11 is 0. The number of hydrogen-bond acceptors (Lipinski definition) is 4. The number of rotatable bonds is 6. The first-order valence-electron chi connectivity index (χ1n) is 9.32. The number of aromatic carboxylic acids is 1. The lowest BCUT2D eigenvalue weighted by Gasteiger charge is -2.40. The normalized spacial score (nSPS) is 16.0. The highest BCUT2D eigenvalue weighted by Gasteiger charge is 2.44. The van der Waals surface area contributed by atoms with Crippen LogP contribution in [0, 0.1) is 0 Å². The van der Waals surface area contributed by atoms with Gasteiger partial charge in [-0.25, -0.2) is 4.79 Å². The Morgan fingerprint density at radius 2 is 1.75 bits per heavy atom. The molecular weight excluding hydrogens is 378 g/mol. The summed E-state index contributed by atoms with van der Waals surface area (Å²) in [5.74, 6) is -1.07. The van der Waals surface area contributed by atoms with Crippen LogP contribution in [0.3, 0.4) is 0 Å². The van der Waals surface area contributed by atoms with Gasteiger partial charge in [0.05, 0.1) is 17.6 Å². The molecule has 28 heavy (non-hydrogen) atoms. The van der Waals surface area contributed by atoms with Crippen LogP contribution in [-0.4, -0.2) is 41.6 Å². The number of hydrogen-bond donors (Lipinski definition) is 1. The number of likely N-dealkylation sites (tertiary alicyclic amines) is 1. The molecule has 0 saturated carbocycles. The number of halogens is 1. The van der Waals surface area contributed by atoms with E-state index in [1.807, 2.05) is 43.3 Å². The van der Waals surface area contributed by atoms with Crippen LogP contribution in [0.1, 0.15) is 41.3 Å². The van der Waals surface area contributed by atoms with Gasteiger partial charge < -0.3 is 9.84 Å². The monoisotopic (exact) mass is 403 g/mol. The van der Waals surface area contributed by atoms with E-state index in [0.717, 1.165) is 24.2 Å². The van der Waals surface area contributed by atoms with Gasteiger partial charge in [0.25, 0.3) is 0 Å². The van der Waals surface area contributed by atoms with Gasteiger partial charge in [0.15, 0.2) is 0 Å². The zero-order chi connectivity index (χ0) is 19.3. The molecule has 2 aromatic carbocycles. The summed E-state index contributed by atoms with van der Waals surface area (Å²) in [6.45, 7) is 4.39. The van der Waals surface area contributed by atoms with Crippen molar-refractivity contribution in [3.8, 4) is 0 Å². The summed E-state index contributed by atoms with van der Waals surface area (Å²) < 4.78 is 5.41. The minimum absolute atomic E-state index is 0. The quantitative estimate of drug-likeness (QED) is 0.741. The first-order chi connectivity index (χ1) is 13.0. The molecule has 1 fully saturated rings. The van der Waals surface area contributed by atoms with E-state index in [1.165, 1.54) is 0 Å². The zero-order valence-corrected chi connectivity index (χ0v) is 16.8. The van der Waals surface area contributed by atoms with Crippen LogP contribution in [0.4, 0.5) is 0 Å². The highest BCUT2D eigenvalue weighted by atomic mass is 35.5. The fourth-order valence-electron chi connectivity index (χ4n) is 3.79. The summed E-state index contributed by atoms with van der Waals surface area (Å²) in [6.07, 6.45) is 1.38. The third-order valence-corrected chi connectivity index (χ3v) is 5.28. The van der Waals surface area contributed by atoms with Gasteiger partial charge in [0.2, 0.25) is 0 Å². The Kier molecular flexibility index (Phi) is 7.61. The molecule has 1 N–H and O–H groups in total. The molecule has 1 aliphatic rings. The molecular formula is C22H26ClNO4. The number of carbonyl (C=O) groups is 2. The smallest absolute Gasteiger partial charge is 0.335 e. The fraction of sp³-hybridized carbons (Fsp3) is 0.364. The van der Waals surface area contributed by atoms with Crippen molar-refractivity contribution < 1.29 is 19.4 Å². The van der Waals surface area contributed by atoms with Crippen LogP contribution < -0.4 is 0 Å². The maximum atomic E-state index is 12.8. The molecule has 150 valence electrons. The van der Waals surface area contributed by atoms with Crippen molar-refractivity contribution in [2.24, 2.45) is 0 Å².